The lowest BCUT2D eigenvalue weighted by Crippen LogP contribution is -2.43. The van der Waals surface area contributed by atoms with Crippen LogP contribution in [-0.4, -0.2) is 55.2 Å². The van der Waals surface area contributed by atoms with Gasteiger partial charge in [-0.3, -0.25) is 9.69 Å². The van der Waals surface area contributed by atoms with Gasteiger partial charge in [0.05, 0.1) is 24.3 Å². The molecule has 0 aliphatic carbocycles. The van der Waals surface area contributed by atoms with Crippen molar-refractivity contribution in [1.29, 1.82) is 0 Å². The van der Waals surface area contributed by atoms with Crippen LogP contribution in [0.15, 0.2) is 29.6 Å². The molecule has 0 spiro atoms. The summed E-state index contributed by atoms with van der Waals surface area (Å²) in [4.78, 5) is 19.1. The van der Waals surface area contributed by atoms with Crippen molar-refractivity contribution in [3.05, 3.63) is 50.9 Å². The van der Waals surface area contributed by atoms with E-state index >= 15 is 0 Å². The molecule has 3 rings (SSSR count). The van der Waals surface area contributed by atoms with E-state index in [9.17, 15) is 4.79 Å². The molecule has 1 fully saturated rings. The van der Waals surface area contributed by atoms with Crippen molar-refractivity contribution >= 4 is 53.7 Å². The van der Waals surface area contributed by atoms with Gasteiger partial charge in [-0.1, -0.05) is 23.7 Å². The van der Waals surface area contributed by atoms with Crippen LogP contribution in [0.3, 0.4) is 0 Å². The molecule has 1 amide bonds. The van der Waals surface area contributed by atoms with Gasteiger partial charge in [-0.25, -0.2) is 4.98 Å². The number of nitrogens with zero attached hydrogens (tertiary/aromatic N) is 2. The van der Waals surface area contributed by atoms with E-state index in [0.717, 1.165) is 23.7 Å². The van der Waals surface area contributed by atoms with Crippen LogP contribution in [-0.2, 0) is 11.2 Å². The van der Waals surface area contributed by atoms with Gasteiger partial charge in [-0.2, -0.15) is 0 Å². The Kier molecular flexibility index (Phi) is 11.3. The number of halogens is 3. The van der Waals surface area contributed by atoms with Crippen molar-refractivity contribution in [3.63, 3.8) is 0 Å². The summed E-state index contributed by atoms with van der Waals surface area (Å²) in [6, 6.07) is 7.83. The number of hydrogen-bond acceptors (Lipinski definition) is 6. The molecular weight excluding hydrogens is 443 g/mol. The number of aromatic nitrogens is 1. The molecule has 0 bridgehead atoms. The third-order valence-electron chi connectivity index (χ3n) is 4.32. The number of benzene rings is 1. The largest absolute Gasteiger partial charge is 0.379 e. The van der Waals surface area contributed by atoms with Crippen LogP contribution in [0, 0.1) is 0 Å². The second kappa shape index (κ2) is 12.6. The number of hydrogen-bond donors (Lipinski definition) is 2. The Morgan fingerprint density at radius 2 is 2.11 bits per heavy atom. The maximum Gasteiger partial charge on any atom is 0.270 e. The Balaban J connectivity index is 0.00000196. The van der Waals surface area contributed by atoms with Gasteiger partial charge in [-0.15, -0.1) is 36.2 Å². The quantitative estimate of drug-likeness (QED) is 0.654. The maximum absolute atomic E-state index is 12.5. The molecule has 10 heteroatoms. The van der Waals surface area contributed by atoms with Gasteiger partial charge in [0.25, 0.3) is 5.91 Å². The Hall–Kier alpha value is -0.930. The number of rotatable bonds is 7. The summed E-state index contributed by atoms with van der Waals surface area (Å²) in [5, 5.41) is 6.38. The van der Waals surface area contributed by atoms with Gasteiger partial charge < -0.3 is 15.8 Å². The lowest BCUT2D eigenvalue weighted by molar-refractivity contribution is 0.0162. The molecule has 6 nitrogen and oxygen atoms in total. The van der Waals surface area contributed by atoms with E-state index in [4.69, 9.17) is 22.1 Å². The third kappa shape index (κ3) is 6.84. The fourth-order valence-corrected chi connectivity index (χ4v) is 3.99. The molecule has 1 aliphatic heterocycles. The molecule has 1 aliphatic rings. The first-order valence-corrected chi connectivity index (χ1v) is 9.93. The molecule has 3 N–H and O–H groups in total. The van der Waals surface area contributed by atoms with E-state index in [0.29, 0.717) is 43.4 Å². The minimum Gasteiger partial charge on any atom is -0.379 e. The van der Waals surface area contributed by atoms with Crippen LogP contribution in [0.5, 0.6) is 0 Å². The van der Waals surface area contributed by atoms with E-state index in [1.807, 2.05) is 24.3 Å². The molecule has 0 radical (unpaired) electrons. The fraction of sp³-hybridized carbons (Fsp3) is 0.444. The number of thiazole rings is 1. The molecule has 1 aromatic heterocycles. The summed E-state index contributed by atoms with van der Waals surface area (Å²) < 4.78 is 5.46. The van der Waals surface area contributed by atoms with Crippen molar-refractivity contribution in [2.24, 2.45) is 5.73 Å². The highest BCUT2D eigenvalue weighted by Gasteiger charge is 2.24. The van der Waals surface area contributed by atoms with Gasteiger partial charge in [-0.05, 0) is 24.2 Å². The van der Waals surface area contributed by atoms with Crippen LogP contribution in [0.4, 0.5) is 0 Å². The zero-order valence-electron chi connectivity index (χ0n) is 15.3. The maximum atomic E-state index is 12.5. The number of carbonyl (C=O) groups excluding carboxylic acids is 1. The SMILES string of the molecule is Cl.Cl.NCCc1nc(C(=O)NCC(c2cccc(Cl)c2)N2CCOCC2)cs1. The van der Waals surface area contributed by atoms with Crippen LogP contribution >= 0.6 is 47.8 Å². The number of nitrogens with one attached hydrogen (secondary N) is 1. The number of morpholine rings is 1. The summed E-state index contributed by atoms with van der Waals surface area (Å²) in [5.41, 5.74) is 7.08. The average molecular weight is 468 g/mol. The minimum atomic E-state index is -0.162. The van der Waals surface area contributed by atoms with Gasteiger partial charge >= 0.3 is 0 Å². The highest BCUT2D eigenvalue weighted by atomic mass is 35.5. The number of nitrogens with two attached hydrogens (primary N) is 1. The Labute approximate surface area is 186 Å². The first-order chi connectivity index (χ1) is 12.7. The van der Waals surface area contributed by atoms with Crippen molar-refractivity contribution in [1.82, 2.24) is 15.2 Å². The van der Waals surface area contributed by atoms with Gasteiger partial charge in [0.15, 0.2) is 0 Å². The number of ether oxygens (including phenoxy) is 1. The van der Waals surface area contributed by atoms with E-state index in [1.165, 1.54) is 11.3 Å². The Bertz CT molecular complexity index is 741. The molecule has 0 saturated carbocycles. The van der Waals surface area contributed by atoms with Crippen molar-refractivity contribution in [3.8, 4) is 0 Å². The Morgan fingerprint density at radius 3 is 2.79 bits per heavy atom. The minimum absolute atomic E-state index is 0. The molecule has 1 atom stereocenters. The summed E-state index contributed by atoms with van der Waals surface area (Å²) in [5.74, 6) is -0.162. The highest BCUT2D eigenvalue weighted by molar-refractivity contribution is 7.09. The first kappa shape index (κ1) is 25.1. The zero-order chi connectivity index (χ0) is 18.4. The summed E-state index contributed by atoms with van der Waals surface area (Å²) >= 11 is 7.64. The average Bonchev–Trinajstić information content (AvgIpc) is 3.12. The molecule has 156 valence electrons. The Morgan fingerprint density at radius 1 is 1.36 bits per heavy atom. The normalized spacial score (nSPS) is 15.2. The number of amides is 1. The lowest BCUT2D eigenvalue weighted by Gasteiger charge is -2.35. The molecule has 2 heterocycles. The van der Waals surface area contributed by atoms with Crippen LogP contribution in [0.1, 0.15) is 27.1 Å². The van der Waals surface area contributed by atoms with E-state index in [-0.39, 0.29) is 36.8 Å². The van der Waals surface area contributed by atoms with E-state index < -0.39 is 0 Å². The van der Waals surface area contributed by atoms with E-state index in [2.05, 4.69) is 15.2 Å². The molecule has 1 saturated heterocycles. The third-order valence-corrected chi connectivity index (χ3v) is 5.46. The van der Waals surface area contributed by atoms with Crippen molar-refractivity contribution in [2.45, 2.75) is 12.5 Å². The summed E-state index contributed by atoms with van der Waals surface area (Å²) in [6.07, 6.45) is 0.691. The van der Waals surface area contributed by atoms with Gasteiger partial charge in [0.1, 0.15) is 5.69 Å². The standard InChI is InChI=1S/C18H23ClN4O2S.2ClH/c19-14-3-1-2-13(10-14)16(23-6-8-25-9-7-23)11-21-18(24)15-12-26-17(22-15)4-5-20;;/h1-3,10,12,16H,4-9,11,20H2,(H,21,24);2*1H. The van der Waals surface area contributed by atoms with Gasteiger partial charge in [0, 0.05) is 36.5 Å². The number of carbonyl (C=O) groups is 1. The summed E-state index contributed by atoms with van der Waals surface area (Å²) in [6.45, 7) is 4.05. The molecule has 28 heavy (non-hydrogen) atoms. The van der Waals surface area contributed by atoms with Crippen LogP contribution in [0.2, 0.25) is 5.02 Å². The molecule has 1 aromatic carbocycles. The smallest absolute Gasteiger partial charge is 0.270 e. The van der Waals surface area contributed by atoms with Crippen LogP contribution in [0.25, 0.3) is 0 Å². The zero-order valence-corrected chi connectivity index (χ0v) is 18.5. The molecule has 2 aromatic rings. The second-order valence-electron chi connectivity index (χ2n) is 6.09. The first-order valence-electron chi connectivity index (χ1n) is 8.67. The second-order valence-corrected chi connectivity index (χ2v) is 7.47. The predicted octanol–water partition coefficient (Wildman–Crippen LogP) is 2.94. The highest BCUT2D eigenvalue weighted by Crippen LogP contribution is 2.24. The van der Waals surface area contributed by atoms with Crippen molar-refractivity contribution < 1.29 is 9.53 Å². The fourth-order valence-electron chi connectivity index (χ4n) is 2.99. The topological polar surface area (TPSA) is 80.5 Å². The molecule has 1 unspecified atom stereocenters. The molecular formula is C18H25Cl3N4O2S. The predicted molar refractivity (Wildman–Crippen MR) is 118 cm³/mol. The van der Waals surface area contributed by atoms with E-state index in [1.54, 1.807) is 5.38 Å². The van der Waals surface area contributed by atoms with Crippen LogP contribution < -0.4 is 11.1 Å². The summed E-state index contributed by atoms with van der Waals surface area (Å²) in [7, 11) is 0. The van der Waals surface area contributed by atoms with Crippen molar-refractivity contribution in [2.75, 3.05) is 39.4 Å². The monoisotopic (exact) mass is 466 g/mol. The lowest BCUT2D eigenvalue weighted by atomic mass is 10.0. The van der Waals surface area contributed by atoms with Gasteiger partial charge in [0.2, 0.25) is 0 Å².